The van der Waals surface area contributed by atoms with E-state index in [0.717, 1.165) is 103 Å². The number of nitrogens with zero attached hydrogens (tertiary/aromatic N) is 5. The second kappa shape index (κ2) is 20.0. The Labute approximate surface area is 277 Å². The number of rotatable bonds is 19. The zero-order valence-corrected chi connectivity index (χ0v) is 28.3. The van der Waals surface area contributed by atoms with E-state index < -0.39 is 0 Å². The van der Waals surface area contributed by atoms with Crippen molar-refractivity contribution in [3.8, 4) is 0 Å². The van der Waals surface area contributed by atoms with Crippen LogP contribution < -0.4 is 26.2 Å². The van der Waals surface area contributed by atoms with Crippen LogP contribution >= 0.6 is 0 Å². The van der Waals surface area contributed by atoms with Gasteiger partial charge in [-0.3, -0.25) is 9.80 Å². The van der Waals surface area contributed by atoms with Gasteiger partial charge in [0, 0.05) is 90.7 Å². The molecule has 0 radical (unpaired) electrons. The molecule has 0 unspecified atom stereocenters. The summed E-state index contributed by atoms with van der Waals surface area (Å²) in [6.07, 6.45) is 8.08. The highest BCUT2D eigenvalue weighted by atomic mass is 16.5. The second-order valence-electron chi connectivity index (χ2n) is 12.8. The van der Waals surface area contributed by atoms with Crippen molar-refractivity contribution >= 4 is 17.6 Å². The molecule has 4 N–H and O–H groups in total. The normalized spacial score (nSPS) is 18.6. The van der Waals surface area contributed by atoms with E-state index in [2.05, 4.69) is 66.3 Å². The van der Waals surface area contributed by atoms with Crippen molar-refractivity contribution in [2.24, 2.45) is 0 Å². The van der Waals surface area contributed by atoms with Gasteiger partial charge in [-0.15, -0.1) is 0 Å². The van der Waals surface area contributed by atoms with Crippen molar-refractivity contribution < 1.29 is 9.47 Å². The van der Waals surface area contributed by atoms with Crippen molar-refractivity contribution in [1.29, 1.82) is 0 Å². The second-order valence-corrected chi connectivity index (χ2v) is 12.8. The number of piperazine rings is 1. The van der Waals surface area contributed by atoms with Crippen LogP contribution in [0.3, 0.4) is 0 Å². The molecule has 256 valence electrons. The molecule has 3 fully saturated rings. The minimum Gasteiger partial charge on any atom is -0.380 e. The maximum absolute atomic E-state index is 5.53. The van der Waals surface area contributed by atoms with E-state index in [0.29, 0.717) is 32.3 Å². The molecule has 3 aliphatic rings. The summed E-state index contributed by atoms with van der Waals surface area (Å²) in [5, 5.41) is 14.3. The van der Waals surface area contributed by atoms with E-state index in [-0.39, 0.29) is 0 Å². The first-order valence-electron chi connectivity index (χ1n) is 18.0. The molecule has 0 amide bonds. The predicted molar refractivity (Wildman–Crippen MR) is 188 cm³/mol. The Balaban J connectivity index is 1.06. The fourth-order valence-electron chi connectivity index (χ4n) is 6.48. The van der Waals surface area contributed by atoms with Gasteiger partial charge in [-0.25, -0.2) is 0 Å². The van der Waals surface area contributed by atoms with E-state index in [1.807, 2.05) is 6.92 Å². The highest BCUT2D eigenvalue weighted by Crippen LogP contribution is 2.21. The first-order chi connectivity index (χ1) is 22.7. The van der Waals surface area contributed by atoms with Crippen LogP contribution in [0.4, 0.5) is 17.6 Å². The predicted octanol–water partition coefficient (Wildman–Crippen LogP) is 3.39. The third-order valence-corrected chi connectivity index (χ3v) is 9.37. The summed E-state index contributed by atoms with van der Waals surface area (Å²) in [6, 6.07) is 11.7. The maximum Gasteiger partial charge on any atom is 0.226 e. The molecule has 11 nitrogen and oxygen atoms in total. The number of anilines is 3. The highest BCUT2D eigenvalue weighted by Gasteiger charge is 2.21. The van der Waals surface area contributed by atoms with E-state index in [4.69, 9.17) is 19.4 Å². The highest BCUT2D eigenvalue weighted by molar-refractivity contribution is 5.54. The quantitative estimate of drug-likeness (QED) is 0.171. The van der Waals surface area contributed by atoms with Gasteiger partial charge in [0.05, 0.1) is 19.8 Å². The number of ether oxygens (including phenoxy) is 2. The molecule has 5 rings (SSSR count). The number of benzene rings is 1. The summed E-state index contributed by atoms with van der Waals surface area (Å²) in [6.45, 7) is 17.9. The lowest BCUT2D eigenvalue weighted by Gasteiger charge is -2.37. The number of nitrogens with one attached hydrogen (secondary N) is 4. The summed E-state index contributed by atoms with van der Waals surface area (Å²) in [4.78, 5) is 17.2. The number of aromatic nitrogens is 2. The van der Waals surface area contributed by atoms with Crippen LogP contribution in [0.25, 0.3) is 0 Å². The molecular weight excluding hydrogens is 578 g/mol. The molecule has 1 aromatic heterocycles. The molecule has 0 spiro atoms. The molecular formula is C35H59N9O2. The van der Waals surface area contributed by atoms with Crippen molar-refractivity contribution in [3.63, 3.8) is 0 Å². The van der Waals surface area contributed by atoms with Gasteiger partial charge < -0.3 is 35.6 Å². The SMILES string of the molecule is CCOCCNc1cc(N2CCN(CCN3CCOCC3)CC2)nc(NCc2ccc(CNCCCNC3CCCCC3)cc2)n1. The van der Waals surface area contributed by atoms with Crippen LogP contribution in [0.1, 0.15) is 56.6 Å². The summed E-state index contributed by atoms with van der Waals surface area (Å²) >= 11 is 0. The van der Waals surface area contributed by atoms with Crippen LogP contribution in [-0.2, 0) is 22.6 Å². The van der Waals surface area contributed by atoms with E-state index in [9.17, 15) is 0 Å². The largest absolute Gasteiger partial charge is 0.380 e. The standard InChI is InChI=1S/C35H59N9O2/c1-2-45-24-15-38-33-27-34(44-20-18-42(19-21-44)16-17-43-22-25-46-26-23-43)41-35(40-33)39-29-31-11-9-30(10-12-31)28-36-13-6-14-37-32-7-4-3-5-8-32/h9-12,27,32,36-37H,2-8,13-26,28-29H2,1H3,(H2,38,39,40,41). The van der Waals surface area contributed by atoms with Crippen LogP contribution in [0.5, 0.6) is 0 Å². The van der Waals surface area contributed by atoms with Crippen molar-refractivity contribution in [3.05, 3.63) is 41.5 Å². The van der Waals surface area contributed by atoms with Crippen LogP contribution in [0.2, 0.25) is 0 Å². The van der Waals surface area contributed by atoms with Crippen LogP contribution in [0.15, 0.2) is 30.3 Å². The summed E-state index contributed by atoms with van der Waals surface area (Å²) in [5.41, 5.74) is 2.53. The van der Waals surface area contributed by atoms with Gasteiger partial charge in [0.15, 0.2) is 0 Å². The van der Waals surface area contributed by atoms with E-state index >= 15 is 0 Å². The molecule has 2 saturated heterocycles. The minimum absolute atomic E-state index is 0.652. The number of hydrogen-bond acceptors (Lipinski definition) is 11. The Morgan fingerprint density at radius 2 is 1.52 bits per heavy atom. The van der Waals surface area contributed by atoms with Gasteiger partial charge in [-0.2, -0.15) is 9.97 Å². The van der Waals surface area contributed by atoms with Gasteiger partial charge in [-0.05, 0) is 50.4 Å². The fourth-order valence-corrected chi connectivity index (χ4v) is 6.48. The Kier molecular flexibility index (Phi) is 15.1. The Morgan fingerprint density at radius 3 is 2.26 bits per heavy atom. The molecule has 0 atom stereocenters. The summed E-state index contributed by atoms with van der Waals surface area (Å²) < 4.78 is 11.0. The average Bonchev–Trinajstić information content (AvgIpc) is 3.11. The van der Waals surface area contributed by atoms with Gasteiger partial charge in [0.1, 0.15) is 11.6 Å². The zero-order valence-electron chi connectivity index (χ0n) is 28.3. The third kappa shape index (κ3) is 12.2. The molecule has 2 aromatic rings. The molecule has 46 heavy (non-hydrogen) atoms. The van der Waals surface area contributed by atoms with Crippen molar-refractivity contribution in [2.45, 2.75) is 64.6 Å². The molecule has 11 heteroatoms. The number of morpholine rings is 1. The fraction of sp³-hybridized carbons (Fsp3) is 0.714. The zero-order chi connectivity index (χ0) is 31.7. The third-order valence-electron chi connectivity index (χ3n) is 9.37. The van der Waals surface area contributed by atoms with E-state index in [1.165, 1.54) is 49.7 Å². The van der Waals surface area contributed by atoms with Crippen LogP contribution in [-0.4, -0.2) is 124 Å². The molecule has 2 aliphatic heterocycles. The monoisotopic (exact) mass is 637 g/mol. The molecule has 3 heterocycles. The van der Waals surface area contributed by atoms with Gasteiger partial charge in [-0.1, -0.05) is 43.5 Å². The Morgan fingerprint density at radius 1 is 0.804 bits per heavy atom. The first kappa shape index (κ1) is 34.8. The Bertz CT molecular complexity index is 1100. The summed E-state index contributed by atoms with van der Waals surface area (Å²) in [5.74, 6) is 2.45. The molecule has 0 bridgehead atoms. The topological polar surface area (TPSA) is 102 Å². The van der Waals surface area contributed by atoms with Gasteiger partial charge >= 0.3 is 0 Å². The lowest BCUT2D eigenvalue weighted by Crippen LogP contribution is -2.49. The first-order valence-corrected chi connectivity index (χ1v) is 18.0. The average molecular weight is 638 g/mol. The van der Waals surface area contributed by atoms with Crippen molar-refractivity contribution in [2.75, 3.05) is 114 Å². The van der Waals surface area contributed by atoms with Crippen molar-refractivity contribution in [1.82, 2.24) is 30.4 Å². The maximum atomic E-state index is 5.53. The molecule has 1 saturated carbocycles. The lowest BCUT2D eigenvalue weighted by molar-refractivity contribution is 0.0331. The van der Waals surface area contributed by atoms with Gasteiger partial charge in [0.25, 0.3) is 0 Å². The number of hydrogen-bond donors (Lipinski definition) is 4. The van der Waals surface area contributed by atoms with Gasteiger partial charge in [0.2, 0.25) is 5.95 Å². The Hall–Kier alpha value is -2.54. The minimum atomic E-state index is 0.652. The smallest absolute Gasteiger partial charge is 0.226 e. The summed E-state index contributed by atoms with van der Waals surface area (Å²) in [7, 11) is 0. The molecule has 1 aromatic carbocycles. The lowest BCUT2D eigenvalue weighted by atomic mass is 9.95. The van der Waals surface area contributed by atoms with E-state index in [1.54, 1.807) is 0 Å². The van der Waals surface area contributed by atoms with Crippen LogP contribution in [0, 0.1) is 0 Å². The molecule has 1 aliphatic carbocycles.